The van der Waals surface area contributed by atoms with Crippen molar-refractivity contribution in [2.24, 2.45) is 0 Å². The summed E-state index contributed by atoms with van der Waals surface area (Å²) in [6.07, 6.45) is 0. The molecular formula is C58H42N2. The first-order chi connectivity index (χ1) is 29.6. The third-order valence-corrected chi connectivity index (χ3v) is 12.2. The van der Waals surface area contributed by atoms with Crippen LogP contribution in [0.1, 0.15) is 11.1 Å². The van der Waals surface area contributed by atoms with Crippen LogP contribution in [0.2, 0.25) is 0 Å². The molecule has 0 amide bonds. The van der Waals surface area contributed by atoms with Crippen LogP contribution in [0.4, 0.5) is 34.1 Å². The fourth-order valence-corrected chi connectivity index (χ4v) is 9.03. The largest absolute Gasteiger partial charge is 0.310 e. The average molecular weight is 767 g/mol. The Hall–Kier alpha value is -7.68. The number of aryl methyl sites for hydroxylation is 2. The van der Waals surface area contributed by atoms with Crippen molar-refractivity contribution < 1.29 is 0 Å². The van der Waals surface area contributed by atoms with Crippen LogP contribution < -0.4 is 9.80 Å². The third-order valence-electron chi connectivity index (χ3n) is 12.2. The number of benzene rings is 10. The molecule has 0 saturated heterocycles. The summed E-state index contributed by atoms with van der Waals surface area (Å²) in [4.78, 5) is 4.78. The molecule has 0 aromatic heterocycles. The van der Waals surface area contributed by atoms with Gasteiger partial charge in [-0.2, -0.15) is 0 Å². The Bertz CT molecular complexity index is 2970. The Morgan fingerprint density at radius 1 is 0.250 bits per heavy atom. The molecular weight excluding hydrogens is 725 g/mol. The second-order valence-corrected chi connectivity index (χ2v) is 15.9. The van der Waals surface area contributed by atoms with Gasteiger partial charge < -0.3 is 9.80 Å². The Morgan fingerprint density at radius 3 is 0.950 bits per heavy atom. The van der Waals surface area contributed by atoms with Gasteiger partial charge in [-0.1, -0.05) is 133 Å². The Labute approximate surface area is 351 Å². The van der Waals surface area contributed by atoms with Gasteiger partial charge in [-0.3, -0.25) is 0 Å². The van der Waals surface area contributed by atoms with E-state index in [1.807, 2.05) is 0 Å². The lowest BCUT2D eigenvalue weighted by Crippen LogP contribution is -2.11. The topological polar surface area (TPSA) is 6.48 Å². The molecule has 2 heteroatoms. The van der Waals surface area contributed by atoms with Crippen LogP contribution in [0.25, 0.3) is 66.1 Å². The molecule has 0 unspecified atom stereocenters. The quantitative estimate of drug-likeness (QED) is 0.152. The molecule has 0 atom stereocenters. The van der Waals surface area contributed by atoms with Gasteiger partial charge in [-0.15, -0.1) is 0 Å². The Balaban J connectivity index is 0.953. The van der Waals surface area contributed by atoms with Crippen LogP contribution in [-0.2, 0) is 0 Å². The first kappa shape index (κ1) is 35.5. The van der Waals surface area contributed by atoms with Crippen molar-refractivity contribution in [2.45, 2.75) is 13.8 Å². The summed E-state index contributed by atoms with van der Waals surface area (Å²) in [5.74, 6) is 0. The van der Waals surface area contributed by atoms with E-state index in [0.717, 1.165) is 22.7 Å². The zero-order valence-corrected chi connectivity index (χ0v) is 33.7. The second-order valence-electron chi connectivity index (χ2n) is 15.9. The van der Waals surface area contributed by atoms with Crippen LogP contribution in [0, 0.1) is 13.8 Å². The number of nitrogens with zero attached hydrogens (tertiary/aromatic N) is 2. The lowest BCUT2D eigenvalue weighted by Gasteiger charge is -2.29. The van der Waals surface area contributed by atoms with Gasteiger partial charge >= 0.3 is 0 Å². The van der Waals surface area contributed by atoms with Gasteiger partial charge in [0.1, 0.15) is 0 Å². The van der Waals surface area contributed by atoms with Crippen molar-refractivity contribution in [3.63, 3.8) is 0 Å². The van der Waals surface area contributed by atoms with Crippen molar-refractivity contribution >= 4 is 55.7 Å². The number of rotatable bonds is 8. The second kappa shape index (κ2) is 14.6. The molecule has 0 saturated carbocycles. The van der Waals surface area contributed by atoms with E-state index in [1.54, 1.807) is 0 Å². The Morgan fingerprint density at radius 2 is 0.567 bits per heavy atom. The minimum absolute atomic E-state index is 1.13. The number of hydrogen-bond acceptors (Lipinski definition) is 2. The number of hydrogen-bond donors (Lipinski definition) is 0. The summed E-state index contributed by atoms with van der Waals surface area (Å²) in [7, 11) is 0. The first-order valence-corrected chi connectivity index (χ1v) is 20.7. The number of anilines is 6. The maximum absolute atomic E-state index is 2.39. The monoisotopic (exact) mass is 766 g/mol. The molecule has 0 heterocycles. The molecule has 2 nitrogen and oxygen atoms in total. The van der Waals surface area contributed by atoms with Crippen molar-refractivity contribution in [1.29, 1.82) is 0 Å². The summed E-state index contributed by atoms with van der Waals surface area (Å²) in [6.45, 7) is 4.39. The molecule has 0 spiro atoms. The van der Waals surface area contributed by atoms with E-state index in [-0.39, 0.29) is 0 Å². The minimum atomic E-state index is 1.13. The van der Waals surface area contributed by atoms with Crippen LogP contribution in [0.5, 0.6) is 0 Å². The fourth-order valence-electron chi connectivity index (χ4n) is 9.03. The summed E-state index contributed by atoms with van der Waals surface area (Å²) < 4.78 is 0. The number of para-hydroxylation sites is 2. The molecule has 0 N–H and O–H groups in total. The fraction of sp³-hybridized carbons (Fsp3) is 0.0345. The van der Waals surface area contributed by atoms with E-state index in [1.165, 1.54) is 88.6 Å². The molecule has 284 valence electrons. The lowest BCUT2D eigenvalue weighted by molar-refractivity contribution is 1.25. The molecule has 0 fully saturated rings. The number of fused-ring (bicyclic) bond motifs is 6. The molecule has 11 rings (SSSR count). The van der Waals surface area contributed by atoms with Crippen molar-refractivity contribution in [1.82, 2.24) is 0 Å². The van der Waals surface area contributed by atoms with Crippen LogP contribution >= 0.6 is 0 Å². The molecule has 0 aliphatic heterocycles. The average Bonchev–Trinajstić information content (AvgIpc) is 3.30. The minimum Gasteiger partial charge on any atom is -0.310 e. The zero-order valence-electron chi connectivity index (χ0n) is 33.7. The maximum atomic E-state index is 2.39. The van der Waals surface area contributed by atoms with Gasteiger partial charge in [0, 0.05) is 34.1 Å². The standard InChI is InChI=1S/C58H42N2/c1-39-13-9-11-19-57(39)59(49-27-21-43(22-28-49)41-15-5-3-6-16-41)51-31-25-45-35-53-55(37-47(45)33-51)54-36-46-26-32-52(34-48(46)38-56(53)54)60(58-20-12-10-14-40(58)2)50-29-23-44(24-30-50)42-17-7-4-8-18-42/h3-38H,1-2H3. The highest BCUT2D eigenvalue weighted by Gasteiger charge is 2.25. The zero-order chi connectivity index (χ0) is 40.2. The molecule has 10 aromatic rings. The van der Waals surface area contributed by atoms with E-state index in [9.17, 15) is 0 Å². The van der Waals surface area contributed by atoms with Crippen molar-refractivity contribution in [2.75, 3.05) is 9.80 Å². The predicted molar refractivity (Wildman–Crippen MR) is 256 cm³/mol. The van der Waals surface area contributed by atoms with E-state index in [2.05, 4.69) is 242 Å². The van der Waals surface area contributed by atoms with Crippen LogP contribution in [-0.4, -0.2) is 0 Å². The third kappa shape index (κ3) is 6.22. The van der Waals surface area contributed by atoms with Crippen molar-refractivity contribution in [3.8, 4) is 44.5 Å². The maximum Gasteiger partial charge on any atom is 0.0490 e. The van der Waals surface area contributed by atoms with E-state index < -0.39 is 0 Å². The van der Waals surface area contributed by atoms with Gasteiger partial charge in [0.2, 0.25) is 0 Å². The van der Waals surface area contributed by atoms with Crippen LogP contribution in [0.15, 0.2) is 218 Å². The highest BCUT2D eigenvalue weighted by atomic mass is 15.1. The molecule has 1 aliphatic rings. The molecule has 0 radical (unpaired) electrons. The molecule has 1 aliphatic carbocycles. The normalized spacial score (nSPS) is 11.5. The molecule has 0 bridgehead atoms. The van der Waals surface area contributed by atoms with Gasteiger partial charge in [0.25, 0.3) is 0 Å². The SMILES string of the molecule is Cc1ccccc1N(c1ccc(-c2ccccc2)cc1)c1ccc2cc3c(cc2c1)-c1cc2ccc(N(c4ccc(-c5ccccc5)cc4)c4ccccc4C)cc2cc1-3. The summed E-state index contributed by atoms with van der Waals surface area (Å²) in [5.41, 5.74) is 19.5. The first-order valence-electron chi connectivity index (χ1n) is 20.7. The summed E-state index contributed by atoms with van der Waals surface area (Å²) in [5, 5.41) is 4.95. The molecule has 10 aromatic carbocycles. The van der Waals surface area contributed by atoms with Crippen molar-refractivity contribution in [3.05, 3.63) is 230 Å². The highest BCUT2D eigenvalue weighted by Crippen LogP contribution is 2.51. The van der Waals surface area contributed by atoms with E-state index >= 15 is 0 Å². The smallest absolute Gasteiger partial charge is 0.0490 e. The summed E-state index contributed by atoms with van der Waals surface area (Å²) >= 11 is 0. The van der Waals surface area contributed by atoms with Crippen LogP contribution in [0.3, 0.4) is 0 Å². The molecule has 60 heavy (non-hydrogen) atoms. The van der Waals surface area contributed by atoms with Gasteiger partial charge in [0.15, 0.2) is 0 Å². The van der Waals surface area contributed by atoms with E-state index in [4.69, 9.17) is 0 Å². The lowest BCUT2D eigenvalue weighted by atomic mass is 9.78. The predicted octanol–water partition coefficient (Wildman–Crippen LogP) is 16.5. The van der Waals surface area contributed by atoms with E-state index in [0.29, 0.717) is 0 Å². The highest BCUT2D eigenvalue weighted by molar-refractivity contribution is 6.12. The Kier molecular flexibility index (Phi) is 8.64. The van der Waals surface area contributed by atoms with Gasteiger partial charge in [-0.05, 0) is 176 Å². The van der Waals surface area contributed by atoms with Gasteiger partial charge in [-0.25, -0.2) is 0 Å². The summed E-state index contributed by atoms with van der Waals surface area (Å²) in [6, 6.07) is 79.7. The van der Waals surface area contributed by atoms with Gasteiger partial charge in [0.05, 0.1) is 0 Å².